The van der Waals surface area contributed by atoms with Crippen molar-refractivity contribution in [1.29, 1.82) is 0 Å². The number of benzene rings is 1. The van der Waals surface area contributed by atoms with Gasteiger partial charge in [-0.2, -0.15) is 0 Å². The molecule has 0 saturated carbocycles. The van der Waals surface area contributed by atoms with Crippen molar-refractivity contribution in [1.82, 2.24) is 0 Å². The molecule has 0 unspecified atom stereocenters. The first-order chi connectivity index (χ1) is 12.3. The van der Waals surface area contributed by atoms with Crippen LogP contribution >= 0.6 is 0 Å². The number of aliphatic hydroxyl groups is 1. The van der Waals surface area contributed by atoms with Crippen LogP contribution in [0.15, 0.2) is 18.2 Å². The van der Waals surface area contributed by atoms with Gasteiger partial charge >= 0.3 is 11.9 Å². The van der Waals surface area contributed by atoms with Crippen LogP contribution in [0.4, 0.5) is 0 Å². The molecule has 1 fully saturated rings. The predicted molar refractivity (Wildman–Crippen MR) is 97.3 cm³/mol. The second-order valence-electron chi connectivity index (χ2n) is 7.49. The lowest BCUT2D eigenvalue weighted by molar-refractivity contribution is -0.156. The molecular formula is C21H26O5. The van der Waals surface area contributed by atoms with Crippen LogP contribution in [0, 0.1) is 12.8 Å². The number of fused-ring (bicyclic) bond motifs is 1. The van der Waals surface area contributed by atoms with Crippen LogP contribution in [0.3, 0.4) is 0 Å². The van der Waals surface area contributed by atoms with E-state index in [1.807, 2.05) is 19.1 Å². The van der Waals surface area contributed by atoms with E-state index in [4.69, 9.17) is 9.47 Å². The molecule has 0 spiro atoms. The van der Waals surface area contributed by atoms with E-state index in [0.29, 0.717) is 12.3 Å². The first-order valence-electron chi connectivity index (χ1n) is 9.18. The van der Waals surface area contributed by atoms with Crippen LogP contribution in [0.5, 0.6) is 0 Å². The van der Waals surface area contributed by atoms with Crippen molar-refractivity contribution >= 4 is 18.0 Å². The Morgan fingerprint density at radius 2 is 2.08 bits per heavy atom. The number of aryl methyl sites for hydroxylation is 1. The average Bonchev–Trinajstić information content (AvgIpc) is 2.52. The molecule has 140 valence electrons. The van der Waals surface area contributed by atoms with E-state index in [1.165, 1.54) is 12.5 Å². The topological polar surface area (TPSA) is 72.8 Å². The summed E-state index contributed by atoms with van der Waals surface area (Å²) >= 11 is 0. The Labute approximate surface area is 154 Å². The number of hydrogen-bond donors (Lipinski definition) is 1. The van der Waals surface area contributed by atoms with Crippen molar-refractivity contribution in [2.45, 2.75) is 64.8 Å². The number of esters is 2. The smallest absolute Gasteiger partial charge is 0.309 e. The molecule has 0 radical (unpaired) electrons. The molecular weight excluding hydrogens is 332 g/mol. The Kier molecular flexibility index (Phi) is 5.47. The summed E-state index contributed by atoms with van der Waals surface area (Å²) in [5.41, 5.74) is 4.34. The molecule has 0 amide bonds. The largest absolute Gasteiger partial charge is 0.458 e. The monoisotopic (exact) mass is 358 g/mol. The van der Waals surface area contributed by atoms with Crippen LogP contribution in [0.2, 0.25) is 0 Å². The highest BCUT2D eigenvalue weighted by Crippen LogP contribution is 2.39. The lowest BCUT2D eigenvalue weighted by atomic mass is 9.79. The van der Waals surface area contributed by atoms with E-state index in [-0.39, 0.29) is 24.5 Å². The Balaban J connectivity index is 1.94. The quantitative estimate of drug-likeness (QED) is 0.840. The van der Waals surface area contributed by atoms with Crippen LogP contribution in [0.1, 0.15) is 61.5 Å². The first-order valence-corrected chi connectivity index (χ1v) is 9.18. The third kappa shape index (κ3) is 4.15. The number of rotatable bonds is 3. The van der Waals surface area contributed by atoms with E-state index in [1.54, 1.807) is 0 Å². The van der Waals surface area contributed by atoms with Crippen LogP contribution in [-0.2, 0) is 25.5 Å². The Hall–Kier alpha value is -2.14. The molecule has 0 bridgehead atoms. The molecule has 2 aliphatic rings. The van der Waals surface area contributed by atoms with Gasteiger partial charge in [0.1, 0.15) is 12.2 Å². The highest BCUT2D eigenvalue weighted by Gasteiger charge is 2.30. The first kappa shape index (κ1) is 18.6. The summed E-state index contributed by atoms with van der Waals surface area (Å²) in [7, 11) is 0. The molecule has 1 aliphatic carbocycles. The van der Waals surface area contributed by atoms with Gasteiger partial charge < -0.3 is 14.6 Å². The van der Waals surface area contributed by atoms with Gasteiger partial charge in [0.15, 0.2) is 0 Å². The third-order valence-corrected chi connectivity index (χ3v) is 5.08. The van der Waals surface area contributed by atoms with Gasteiger partial charge in [-0.25, -0.2) is 0 Å². The zero-order chi connectivity index (χ0) is 18.8. The predicted octanol–water partition coefficient (Wildman–Crippen LogP) is 3.26. The van der Waals surface area contributed by atoms with E-state index in [0.717, 1.165) is 29.5 Å². The second-order valence-corrected chi connectivity index (χ2v) is 7.49. The summed E-state index contributed by atoms with van der Waals surface area (Å²) in [6, 6.07) is 4.18. The normalized spacial score (nSPS) is 28.5. The summed E-state index contributed by atoms with van der Waals surface area (Å²) in [5, 5.41) is 9.77. The molecule has 26 heavy (non-hydrogen) atoms. The standard InChI is InChI=1S/C21H26O5/c1-12-8-15-5-4-13(2)18(21(15)19(9-12)25-14(3)22)7-6-17-10-16(23)11-20(24)26-17/h4-7,12,16-17,19,23H,8-11H2,1-3H3/b7-6+/t12-,16-,17-,19+/m1/s1. The minimum Gasteiger partial charge on any atom is -0.458 e. The molecule has 5 nitrogen and oxygen atoms in total. The minimum atomic E-state index is -0.661. The second kappa shape index (κ2) is 7.62. The highest BCUT2D eigenvalue weighted by molar-refractivity contribution is 5.72. The highest BCUT2D eigenvalue weighted by atomic mass is 16.5. The number of ether oxygens (including phenoxy) is 2. The van der Waals surface area contributed by atoms with Crippen molar-refractivity contribution in [3.8, 4) is 0 Å². The maximum Gasteiger partial charge on any atom is 0.309 e. The summed E-state index contributed by atoms with van der Waals surface area (Å²) in [5.74, 6) is -0.214. The van der Waals surface area contributed by atoms with Crippen LogP contribution < -0.4 is 0 Å². The Morgan fingerprint density at radius 3 is 2.77 bits per heavy atom. The lowest BCUT2D eigenvalue weighted by Gasteiger charge is -2.31. The van der Waals surface area contributed by atoms with Gasteiger partial charge in [0.25, 0.3) is 0 Å². The number of carbonyl (C=O) groups is 2. The molecule has 1 heterocycles. The molecule has 4 atom stereocenters. The van der Waals surface area contributed by atoms with Gasteiger partial charge in [-0.05, 0) is 48.4 Å². The van der Waals surface area contributed by atoms with Crippen molar-refractivity contribution in [3.05, 3.63) is 40.5 Å². The average molecular weight is 358 g/mol. The van der Waals surface area contributed by atoms with Gasteiger partial charge in [0.05, 0.1) is 12.5 Å². The van der Waals surface area contributed by atoms with E-state index in [2.05, 4.69) is 19.1 Å². The maximum absolute atomic E-state index is 11.6. The maximum atomic E-state index is 11.6. The van der Waals surface area contributed by atoms with E-state index in [9.17, 15) is 14.7 Å². The van der Waals surface area contributed by atoms with Gasteiger partial charge in [-0.1, -0.05) is 25.1 Å². The Morgan fingerprint density at radius 1 is 1.31 bits per heavy atom. The fraction of sp³-hybridized carbons (Fsp3) is 0.524. The van der Waals surface area contributed by atoms with Gasteiger partial charge in [0, 0.05) is 18.9 Å². The number of aliphatic hydroxyl groups excluding tert-OH is 1. The zero-order valence-electron chi connectivity index (χ0n) is 15.5. The fourth-order valence-corrected chi connectivity index (χ4v) is 3.95. The lowest BCUT2D eigenvalue weighted by Crippen LogP contribution is -2.31. The van der Waals surface area contributed by atoms with Crippen molar-refractivity contribution in [2.24, 2.45) is 5.92 Å². The van der Waals surface area contributed by atoms with E-state index < -0.39 is 12.2 Å². The number of carbonyl (C=O) groups excluding carboxylic acids is 2. The molecule has 1 aromatic carbocycles. The molecule has 1 N–H and O–H groups in total. The van der Waals surface area contributed by atoms with Crippen molar-refractivity contribution in [3.63, 3.8) is 0 Å². The summed E-state index contributed by atoms with van der Waals surface area (Å²) < 4.78 is 10.9. The summed E-state index contributed by atoms with van der Waals surface area (Å²) in [4.78, 5) is 23.1. The number of cyclic esters (lactones) is 1. The molecule has 0 aromatic heterocycles. The molecule has 1 aromatic rings. The van der Waals surface area contributed by atoms with Gasteiger partial charge in [-0.3, -0.25) is 9.59 Å². The van der Waals surface area contributed by atoms with E-state index >= 15 is 0 Å². The summed E-state index contributed by atoms with van der Waals surface area (Å²) in [6.07, 6.45) is 4.62. The third-order valence-electron chi connectivity index (χ3n) is 5.08. The van der Waals surface area contributed by atoms with Gasteiger partial charge in [0.2, 0.25) is 0 Å². The van der Waals surface area contributed by atoms with Crippen LogP contribution in [0.25, 0.3) is 6.08 Å². The molecule has 5 heteroatoms. The van der Waals surface area contributed by atoms with Crippen molar-refractivity contribution < 1.29 is 24.2 Å². The Bertz CT molecular complexity index is 736. The van der Waals surface area contributed by atoms with Gasteiger partial charge in [-0.15, -0.1) is 0 Å². The summed E-state index contributed by atoms with van der Waals surface area (Å²) in [6.45, 7) is 5.62. The number of hydrogen-bond acceptors (Lipinski definition) is 5. The molecule has 1 aliphatic heterocycles. The van der Waals surface area contributed by atoms with Crippen LogP contribution in [-0.4, -0.2) is 29.3 Å². The molecule has 1 saturated heterocycles. The molecule has 3 rings (SSSR count). The van der Waals surface area contributed by atoms with Crippen molar-refractivity contribution in [2.75, 3.05) is 0 Å². The zero-order valence-corrected chi connectivity index (χ0v) is 15.5. The minimum absolute atomic E-state index is 0.0521. The fourth-order valence-electron chi connectivity index (χ4n) is 3.95. The SMILES string of the molecule is CC(=O)O[C@H]1C[C@H](C)Cc2ccc(C)c(/C=C/[C@@H]3C[C@@H](O)CC(=O)O3)c21.